The van der Waals surface area contributed by atoms with Crippen LogP contribution in [0.3, 0.4) is 0 Å². The third-order valence-corrected chi connectivity index (χ3v) is 2.91. The van der Waals surface area contributed by atoms with Crippen molar-refractivity contribution in [3.05, 3.63) is 29.8 Å². The molecule has 4 heteroatoms. The normalized spacial score (nSPS) is 12.2. The molecule has 112 valence electrons. The maximum Gasteiger partial charge on any atom is 0.411 e. The van der Waals surface area contributed by atoms with Crippen LogP contribution in [0, 0.1) is 5.92 Å². The van der Waals surface area contributed by atoms with Crippen LogP contribution in [-0.2, 0) is 4.74 Å². The minimum atomic E-state index is -0.395. The van der Waals surface area contributed by atoms with E-state index in [1.165, 1.54) is 0 Å². The molecule has 2 N–H and O–H groups in total. The van der Waals surface area contributed by atoms with Crippen molar-refractivity contribution in [1.29, 1.82) is 0 Å². The van der Waals surface area contributed by atoms with Gasteiger partial charge >= 0.3 is 6.09 Å². The first-order chi connectivity index (χ1) is 9.54. The number of benzene rings is 1. The molecule has 0 aliphatic carbocycles. The van der Waals surface area contributed by atoms with E-state index < -0.39 is 6.09 Å². The molecule has 0 aromatic heterocycles. The van der Waals surface area contributed by atoms with Crippen LogP contribution >= 0.6 is 0 Å². The standard InChI is InChI=1S/C16H26N2O2/c1-5-10-17-13(4)14-8-6-7-9-15(14)18-16(19)20-11-12(2)3/h6-9,12-13,17H,5,10-11H2,1-4H3,(H,18,19). The highest BCUT2D eigenvalue weighted by Gasteiger charge is 2.12. The van der Waals surface area contributed by atoms with Crippen LogP contribution < -0.4 is 10.6 Å². The molecule has 0 radical (unpaired) electrons. The van der Waals surface area contributed by atoms with Crippen molar-refractivity contribution < 1.29 is 9.53 Å². The molecule has 0 aliphatic heterocycles. The summed E-state index contributed by atoms with van der Waals surface area (Å²) in [6, 6.07) is 8.00. The molecule has 0 heterocycles. The fourth-order valence-corrected chi connectivity index (χ4v) is 1.85. The zero-order valence-electron chi connectivity index (χ0n) is 12.9. The van der Waals surface area contributed by atoms with E-state index in [1.807, 2.05) is 38.1 Å². The molecule has 0 saturated carbocycles. The highest BCUT2D eigenvalue weighted by molar-refractivity contribution is 5.85. The average molecular weight is 278 g/mol. The highest BCUT2D eigenvalue weighted by atomic mass is 16.5. The van der Waals surface area contributed by atoms with Crippen molar-refractivity contribution in [3.8, 4) is 0 Å². The third kappa shape index (κ3) is 5.61. The Bertz CT molecular complexity index is 419. The molecule has 1 amide bonds. The Morgan fingerprint density at radius 2 is 1.95 bits per heavy atom. The molecule has 1 rings (SSSR count). The summed E-state index contributed by atoms with van der Waals surface area (Å²) in [6.07, 6.45) is 0.685. The van der Waals surface area contributed by atoms with Gasteiger partial charge in [0.05, 0.1) is 6.61 Å². The smallest absolute Gasteiger partial charge is 0.411 e. The van der Waals surface area contributed by atoms with E-state index in [-0.39, 0.29) is 6.04 Å². The summed E-state index contributed by atoms with van der Waals surface area (Å²) in [6.45, 7) is 9.63. The largest absolute Gasteiger partial charge is 0.449 e. The number of ether oxygens (including phenoxy) is 1. The molecule has 0 saturated heterocycles. The van der Waals surface area contributed by atoms with Gasteiger partial charge in [-0.2, -0.15) is 0 Å². The monoisotopic (exact) mass is 278 g/mol. The van der Waals surface area contributed by atoms with Crippen LogP contribution in [0.5, 0.6) is 0 Å². The lowest BCUT2D eigenvalue weighted by atomic mass is 10.1. The number of amides is 1. The zero-order chi connectivity index (χ0) is 15.0. The molecule has 0 spiro atoms. The Morgan fingerprint density at radius 3 is 2.60 bits per heavy atom. The minimum Gasteiger partial charge on any atom is -0.449 e. The van der Waals surface area contributed by atoms with Crippen molar-refractivity contribution >= 4 is 11.8 Å². The molecule has 1 aromatic rings. The minimum absolute atomic E-state index is 0.191. The molecule has 20 heavy (non-hydrogen) atoms. The fourth-order valence-electron chi connectivity index (χ4n) is 1.85. The molecule has 0 aliphatic rings. The fraction of sp³-hybridized carbons (Fsp3) is 0.562. The number of hydrogen-bond acceptors (Lipinski definition) is 3. The molecule has 1 atom stereocenters. The summed E-state index contributed by atoms with van der Waals surface area (Å²) in [4.78, 5) is 11.8. The van der Waals surface area contributed by atoms with Gasteiger partial charge in [-0.25, -0.2) is 4.79 Å². The molecule has 1 unspecified atom stereocenters. The van der Waals surface area contributed by atoms with E-state index in [1.54, 1.807) is 0 Å². The summed E-state index contributed by atoms with van der Waals surface area (Å²) in [7, 11) is 0. The second kappa shape index (κ2) is 8.59. The van der Waals surface area contributed by atoms with E-state index in [2.05, 4.69) is 24.5 Å². The Balaban J connectivity index is 2.67. The van der Waals surface area contributed by atoms with Gasteiger partial charge in [0, 0.05) is 11.7 Å². The second-order valence-electron chi connectivity index (χ2n) is 5.38. The first kappa shape index (κ1) is 16.5. The van der Waals surface area contributed by atoms with E-state index in [4.69, 9.17) is 4.74 Å². The lowest BCUT2D eigenvalue weighted by molar-refractivity contribution is 0.147. The van der Waals surface area contributed by atoms with E-state index >= 15 is 0 Å². The highest BCUT2D eigenvalue weighted by Crippen LogP contribution is 2.22. The maximum absolute atomic E-state index is 11.8. The number of rotatable bonds is 7. The van der Waals surface area contributed by atoms with E-state index in [9.17, 15) is 4.79 Å². The van der Waals surface area contributed by atoms with Gasteiger partial charge in [0.15, 0.2) is 0 Å². The Kier molecular flexibility index (Phi) is 7.09. The number of carbonyl (C=O) groups excluding carboxylic acids is 1. The van der Waals surface area contributed by atoms with Crippen molar-refractivity contribution in [2.24, 2.45) is 5.92 Å². The number of hydrogen-bond donors (Lipinski definition) is 2. The van der Waals surface area contributed by atoms with Gasteiger partial charge in [-0.1, -0.05) is 39.0 Å². The van der Waals surface area contributed by atoms with E-state index in [0.717, 1.165) is 24.2 Å². The summed E-state index contributed by atoms with van der Waals surface area (Å²) in [5, 5.41) is 6.24. The van der Waals surface area contributed by atoms with Crippen LogP contribution in [0.25, 0.3) is 0 Å². The van der Waals surface area contributed by atoms with Crippen LogP contribution in [0.4, 0.5) is 10.5 Å². The summed E-state index contributed by atoms with van der Waals surface area (Å²) in [5.41, 5.74) is 1.87. The quantitative estimate of drug-likeness (QED) is 0.794. The number of carbonyl (C=O) groups is 1. The number of para-hydroxylation sites is 1. The first-order valence-corrected chi connectivity index (χ1v) is 7.30. The van der Waals surface area contributed by atoms with Crippen molar-refractivity contribution in [2.75, 3.05) is 18.5 Å². The molecular weight excluding hydrogens is 252 g/mol. The SMILES string of the molecule is CCCNC(C)c1ccccc1NC(=O)OCC(C)C. The van der Waals surface area contributed by atoms with Gasteiger partial charge in [-0.15, -0.1) is 0 Å². The number of nitrogens with one attached hydrogen (secondary N) is 2. The third-order valence-electron chi connectivity index (χ3n) is 2.91. The van der Waals surface area contributed by atoms with E-state index in [0.29, 0.717) is 12.5 Å². The summed E-state index contributed by atoms with van der Waals surface area (Å²) in [5.74, 6) is 0.334. The lowest BCUT2D eigenvalue weighted by Crippen LogP contribution is -2.22. The Labute approximate surface area is 121 Å². The summed E-state index contributed by atoms with van der Waals surface area (Å²) >= 11 is 0. The van der Waals surface area contributed by atoms with Crippen LogP contribution in [0.2, 0.25) is 0 Å². The Morgan fingerprint density at radius 1 is 1.25 bits per heavy atom. The molecular formula is C16H26N2O2. The predicted molar refractivity (Wildman–Crippen MR) is 83.0 cm³/mol. The first-order valence-electron chi connectivity index (χ1n) is 7.30. The molecule has 0 fully saturated rings. The topological polar surface area (TPSA) is 50.4 Å². The van der Waals surface area contributed by atoms with Crippen LogP contribution in [0.1, 0.15) is 45.7 Å². The van der Waals surface area contributed by atoms with Crippen molar-refractivity contribution in [3.63, 3.8) is 0 Å². The van der Waals surface area contributed by atoms with Gasteiger partial charge in [-0.3, -0.25) is 5.32 Å². The van der Waals surface area contributed by atoms with Crippen LogP contribution in [0.15, 0.2) is 24.3 Å². The molecule has 0 bridgehead atoms. The van der Waals surface area contributed by atoms with Crippen LogP contribution in [-0.4, -0.2) is 19.2 Å². The van der Waals surface area contributed by atoms with Crippen molar-refractivity contribution in [1.82, 2.24) is 5.32 Å². The Hall–Kier alpha value is -1.55. The van der Waals surface area contributed by atoms with Gasteiger partial charge < -0.3 is 10.1 Å². The maximum atomic E-state index is 11.8. The number of anilines is 1. The summed E-state index contributed by atoms with van der Waals surface area (Å²) < 4.78 is 5.15. The lowest BCUT2D eigenvalue weighted by Gasteiger charge is -2.18. The molecule has 4 nitrogen and oxygen atoms in total. The van der Waals surface area contributed by atoms with Gasteiger partial charge in [0.2, 0.25) is 0 Å². The zero-order valence-corrected chi connectivity index (χ0v) is 12.9. The second-order valence-corrected chi connectivity index (χ2v) is 5.38. The van der Waals surface area contributed by atoms with Gasteiger partial charge in [-0.05, 0) is 37.4 Å². The van der Waals surface area contributed by atoms with Gasteiger partial charge in [0.1, 0.15) is 0 Å². The van der Waals surface area contributed by atoms with Crippen molar-refractivity contribution in [2.45, 2.75) is 40.2 Å². The van der Waals surface area contributed by atoms with Gasteiger partial charge in [0.25, 0.3) is 0 Å². The average Bonchev–Trinajstić information content (AvgIpc) is 2.43. The molecule has 1 aromatic carbocycles. The predicted octanol–water partition coefficient (Wildman–Crippen LogP) is 3.95.